The Morgan fingerprint density at radius 3 is 2.69 bits per heavy atom. The van der Waals surface area contributed by atoms with Crippen LogP contribution in [0.1, 0.15) is 44.6 Å². The highest BCUT2D eigenvalue weighted by Gasteiger charge is 2.36. The number of aldehydes is 1. The minimum absolute atomic E-state index is 0.242. The fraction of sp³-hybridized carbons (Fsp3) is 0.500. The van der Waals surface area contributed by atoms with Gasteiger partial charge in [0.05, 0.1) is 0 Å². The van der Waals surface area contributed by atoms with E-state index in [1.807, 2.05) is 32.1 Å². The zero-order valence-electron chi connectivity index (χ0n) is 10.1. The van der Waals surface area contributed by atoms with Crippen molar-refractivity contribution in [2.45, 2.75) is 33.1 Å². The van der Waals surface area contributed by atoms with Gasteiger partial charge in [-0.25, -0.2) is 0 Å². The summed E-state index contributed by atoms with van der Waals surface area (Å²) in [6.45, 7) is 6.24. The maximum absolute atomic E-state index is 10.8. The van der Waals surface area contributed by atoms with E-state index in [2.05, 4.69) is 6.92 Å². The Bertz CT molecular complexity index is 412. The van der Waals surface area contributed by atoms with E-state index in [0.717, 1.165) is 29.3 Å². The van der Waals surface area contributed by atoms with E-state index in [1.54, 1.807) is 0 Å². The third-order valence-corrected chi connectivity index (χ3v) is 3.23. The number of rotatable bonds is 4. The van der Waals surface area contributed by atoms with Crippen LogP contribution in [-0.2, 0) is 4.79 Å². The lowest BCUT2D eigenvalue weighted by molar-refractivity contribution is -0.105. The monoisotopic (exact) mass is 218 g/mol. The molecule has 0 amide bonds. The summed E-state index contributed by atoms with van der Waals surface area (Å²) in [7, 11) is 0. The minimum Gasteiger partial charge on any atom is -0.461 e. The summed E-state index contributed by atoms with van der Waals surface area (Å²) in [6, 6.07) is 3.98. The molecule has 2 nitrogen and oxygen atoms in total. The Morgan fingerprint density at radius 2 is 2.19 bits per heavy atom. The SMILES string of the molecule is CC(C)C(C=O)=Cc1ccc(C2CC2C)o1. The molecule has 0 aromatic carbocycles. The van der Waals surface area contributed by atoms with E-state index in [9.17, 15) is 4.79 Å². The highest BCUT2D eigenvalue weighted by atomic mass is 16.3. The lowest BCUT2D eigenvalue weighted by Gasteiger charge is -2.01. The molecule has 0 spiro atoms. The number of carbonyl (C=O) groups excluding carboxylic acids is 1. The van der Waals surface area contributed by atoms with Crippen molar-refractivity contribution in [2.24, 2.45) is 11.8 Å². The molecule has 1 aromatic heterocycles. The quantitative estimate of drug-likeness (QED) is 0.570. The molecule has 0 saturated heterocycles. The molecule has 1 saturated carbocycles. The van der Waals surface area contributed by atoms with Crippen molar-refractivity contribution in [3.8, 4) is 0 Å². The van der Waals surface area contributed by atoms with Crippen molar-refractivity contribution in [2.75, 3.05) is 0 Å². The average Bonchev–Trinajstić information content (AvgIpc) is 2.79. The topological polar surface area (TPSA) is 30.2 Å². The standard InChI is InChI=1S/C14H18O2/c1-9(2)11(8-15)7-12-4-5-14(16-12)13-6-10(13)3/h4-5,7-10,13H,6H2,1-3H3. The van der Waals surface area contributed by atoms with Crippen LogP contribution in [0.2, 0.25) is 0 Å². The fourth-order valence-electron chi connectivity index (χ4n) is 1.86. The van der Waals surface area contributed by atoms with E-state index < -0.39 is 0 Å². The molecule has 0 aliphatic heterocycles. The van der Waals surface area contributed by atoms with Crippen LogP contribution >= 0.6 is 0 Å². The second-order valence-electron chi connectivity index (χ2n) is 4.98. The first kappa shape index (κ1) is 11.2. The van der Waals surface area contributed by atoms with Gasteiger partial charge in [0, 0.05) is 5.92 Å². The third-order valence-electron chi connectivity index (χ3n) is 3.23. The summed E-state index contributed by atoms with van der Waals surface area (Å²) in [5, 5.41) is 0. The predicted octanol–water partition coefficient (Wildman–Crippen LogP) is 3.64. The molecule has 0 bridgehead atoms. The summed E-state index contributed by atoms with van der Waals surface area (Å²) in [4.78, 5) is 10.8. The van der Waals surface area contributed by atoms with Gasteiger partial charge in [-0.05, 0) is 42.0 Å². The van der Waals surface area contributed by atoms with Crippen molar-refractivity contribution in [3.05, 3.63) is 29.2 Å². The van der Waals surface area contributed by atoms with Crippen LogP contribution in [0.5, 0.6) is 0 Å². The molecule has 1 fully saturated rings. The molecule has 0 radical (unpaired) electrons. The number of furan rings is 1. The van der Waals surface area contributed by atoms with Gasteiger partial charge in [0.15, 0.2) is 0 Å². The van der Waals surface area contributed by atoms with Crippen LogP contribution in [0, 0.1) is 11.8 Å². The molecule has 2 rings (SSSR count). The van der Waals surface area contributed by atoms with E-state index >= 15 is 0 Å². The van der Waals surface area contributed by atoms with Gasteiger partial charge < -0.3 is 4.42 Å². The molecular weight excluding hydrogens is 200 g/mol. The predicted molar refractivity (Wildman–Crippen MR) is 64.1 cm³/mol. The van der Waals surface area contributed by atoms with Gasteiger partial charge in [0.2, 0.25) is 0 Å². The van der Waals surface area contributed by atoms with E-state index in [0.29, 0.717) is 5.92 Å². The molecule has 0 N–H and O–H groups in total. The Morgan fingerprint density at radius 1 is 1.50 bits per heavy atom. The maximum atomic E-state index is 10.8. The lowest BCUT2D eigenvalue weighted by Crippen LogP contribution is -1.94. The molecule has 86 valence electrons. The molecule has 2 atom stereocenters. The average molecular weight is 218 g/mol. The molecule has 2 unspecified atom stereocenters. The van der Waals surface area contributed by atoms with E-state index in [-0.39, 0.29) is 5.92 Å². The third kappa shape index (κ3) is 2.26. The smallest absolute Gasteiger partial charge is 0.146 e. The summed E-state index contributed by atoms with van der Waals surface area (Å²) in [6.07, 6.45) is 3.97. The normalized spacial score (nSPS) is 24.9. The van der Waals surface area contributed by atoms with Gasteiger partial charge in [0.25, 0.3) is 0 Å². The van der Waals surface area contributed by atoms with Crippen molar-refractivity contribution < 1.29 is 9.21 Å². The summed E-state index contributed by atoms with van der Waals surface area (Å²) < 4.78 is 5.73. The van der Waals surface area contributed by atoms with Crippen LogP contribution in [0.15, 0.2) is 22.1 Å². The zero-order valence-corrected chi connectivity index (χ0v) is 10.1. The maximum Gasteiger partial charge on any atom is 0.146 e. The summed E-state index contributed by atoms with van der Waals surface area (Å²) in [5.41, 5.74) is 0.782. The van der Waals surface area contributed by atoms with Crippen LogP contribution in [0.3, 0.4) is 0 Å². The number of allylic oxidation sites excluding steroid dienone is 1. The van der Waals surface area contributed by atoms with Crippen LogP contribution in [-0.4, -0.2) is 6.29 Å². The second kappa shape index (κ2) is 4.28. The second-order valence-corrected chi connectivity index (χ2v) is 4.98. The van der Waals surface area contributed by atoms with Crippen molar-refractivity contribution >= 4 is 12.4 Å². The van der Waals surface area contributed by atoms with Gasteiger partial charge in [-0.2, -0.15) is 0 Å². The molecule has 16 heavy (non-hydrogen) atoms. The minimum atomic E-state index is 0.242. The Labute approximate surface area is 96.3 Å². The van der Waals surface area contributed by atoms with E-state index in [4.69, 9.17) is 4.42 Å². The van der Waals surface area contributed by atoms with Gasteiger partial charge in [0.1, 0.15) is 17.8 Å². The van der Waals surface area contributed by atoms with Gasteiger partial charge in [-0.15, -0.1) is 0 Å². The van der Waals surface area contributed by atoms with Crippen molar-refractivity contribution in [1.29, 1.82) is 0 Å². The first-order valence-corrected chi connectivity index (χ1v) is 5.88. The molecule has 1 aliphatic carbocycles. The largest absolute Gasteiger partial charge is 0.461 e. The number of carbonyl (C=O) groups is 1. The first-order chi connectivity index (χ1) is 7.61. The molecule has 2 heteroatoms. The lowest BCUT2D eigenvalue weighted by atomic mass is 10.0. The highest BCUT2D eigenvalue weighted by Crippen LogP contribution is 2.47. The number of hydrogen-bond acceptors (Lipinski definition) is 2. The van der Waals surface area contributed by atoms with Crippen LogP contribution < -0.4 is 0 Å². The Hall–Kier alpha value is -1.31. The van der Waals surface area contributed by atoms with Gasteiger partial charge in [-0.3, -0.25) is 4.79 Å². The molecule has 1 heterocycles. The van der Waals surface area contributed by atoms with Crippen LogP contribution in [0.25, 0.3) is 6.08 Å². The van der Waals surface area contributed by atoms with Gasteiger partial charge in [-0.1, -0.05) is 20.8 Å². The Kier molecular flexibility index (Phi) is 2.99. The van der Waals surface area contributed by atoms with Crippen LogP contribution in [0.4, 0.5) is 0 Å². The molecular formula is C14H18O2. The fourth-order valence-corrected chi connectivity index (χ4v) is 1.86. The van der Waals surface area contributed by atoms with Crippen molar-refractivity contribution in [3.63, 3.8) is 0 Å². The summed E-state index contributed by atoms with van der Waals surface area (Å²) >= 11 is 0. The molecule has 1 aromatic rings. The first-order valence-electron chi connectivity index (χ1n) is 5.88. The van der Waals surface area contributed by atoms with E-state index in [1.165, 1.54) is 6.42 Å². The summed E-state index contributed by atoms with van der Waals surface area (Å²) in [5.74, 6) is 3.45. The van der Waals surface area contributed by atoms with Crippen molar-refractivity contribution in [1.82, 2.24) is 0 Å². The zero-order chi connectivity index (χ0) is 11.7. The Balaban J connectivity index is 2.15. The molecule has 1 aliphatic rings. The number of hydrogen-bond donors (Lipinski definition) is 0. The van der Waals surface area contributed by atoms with Gasteiger partial charge >= 0.3 is 0 Å². The highest BCUT2D eigenvalue weighted by molar-refractivity contribution is 5.81.